The minimum absolute atomic E-state index is 0.0112. The Balaban J connectivity index is 3.86. The number of carbonyl (C=O) groups excluding carboxylic acids is 1. The predicted octanol–water partition coefficient (Wildman–Crippen LogP) is 3.59. The smallest absolute Gasteiger partial charge is 0.334 e. The Morgan fingerprint density at radius 3 is 2.00 bits per heavy atom. The summed E-state index contributed by atoms with van der Waals surface area (Å²) in [4.78, 5) is 22.8. The van der Waals surface area contributed by atoms with Crippen molar-refractivity contribution in [2.75, 3.05) is 13.2 Å². The molecule has 26 heavy (non-hydrogen) atoms. The van der Waals surface area contributed by atoms with Crippen LogP contribution < -0.4 is 0 Å². The molecule has 6 nitrogen and oxygen atoms in total. The maximum absolute atomic E-state index is 11.9. The zero-order valence-electron chi connectivity index (χ0n) is 16.1. The molecule has 0 fully saturated rings. The number of hydrogen-bond acceptors (Lipinski definition) is 5. The SMILES string of the molecule is CCCCCCCCCCCCOC(=O)C(=CCC(O)CO)CC(=O)O. The Morgan fingerprint density at radius 1 is 0.962 bits per heavy atom. The third-order valence-corrected chi connectivity index (χ3v) is 4.18. The topological polar surface area (TPSA) is 104 Å². The van der Waals surface area contributed by atoms with Gasteiger partial charge in [-0.1, -0.05) is 70.8 Å². The fourth-order valence-electron chi connectivity index (χ4n) is 2.59. The molecule has 0 aromatic heterocycles. The van der Waals surface area contributed by atoms with Gasteiger partial charge in [0.05, 0.1) is 25.7 Å². The summed E-state index contributed by atoms with van der Waals surface area (Å²) < 4.78 is 5.13. The molecule has 0 rings (SSSR count). The molecule has 1 unspecified atom stereocenters. The van der Waals surface area contributed by atoms with Gasteiger partial charge in [0.2, 0.25) is 0 Å². The highest BCUT2D eigenvalue weighted by molar-refractivity contribution is 5.93. The maximum atomic E-state index is 11.9. The summed E-state index contributed by atoms with van der Waals surface area (Å²) >= 11 is 0. The first-order chi connectivity index (χ1) is 12.5. The van der Waals surface area contributed by atoms with Crippen molar-refractivity contribution in [2.24, 2.45) is 0 Å². The van der Waals surface area contributed by atoms with Gasteiger partial charge in [-0.25, -0.2) is 4.79 Å². The van der Waals surface area contributed by atoms with E-state index in [9.17, 15) is 14.7 Å². The van der Waals surface area contributed by atoms with Crippen molar-refractivity contribution < 1.29 is 29.6 Å². The van der Waals surface area contributed by atoms with Crippen molar-refractivity contribution in [2.45, 2.75) is 90.1 Å². The highest BCUT2D eigenvalue weighted by Gasteiger charge is 2.15. The maximum Gasteiger partial charge on any atom is 0.334 e. The average molecular weight is 373 g/mol. The number of aliphatic hydroxyl groups is 2. The third-order valence-electron chi connectivity index (χ3n) is 4.18. The number of carboxylic acid groups (broad SMARTS) is 1. The molecule has 1 atom stereocenters. The number of ether oxygens (including phenoxy) is 1. The largest absolute Gasteiger partial charge is 0.481 e. The lowest BCUT2D eigenvalue weighted by Crippen LogP contribution is -2.15. The van der Waals surface area contributed by atoms with Crippen LogP contribution in [0.25, 0.3) is 0 Å². The Kier molecular flexibility index (Phi) is 16.1. The number of aliphatic carboxylic acids is 1. The van der Waals surface area contributed by atoms with Crippen molar-refractivity contribution in [1.82, 2.24) is 0 Å². The first-order valence-corrected chi connectivity index (χ1v) is 9.88. The molecule has 0 saturated heterocycles. The summed E-state index contributed by atoms with van der Waals surface area (Å²) in [6.45, 7) is 2.05. The lowest BCUT2D eigenvalue weighted by atomic mass is 10.1. The van der Waals surface area contributed by atoms with Crippen molar-refractivity contribution in [3.8, 4) is 0 Å². The predicted molar refractivity (Wildman–Crippen MR) is 101 cm³/mol. The first kappa shape index (κ1) is 24.6. The third kappa shape index (κ3) is 14.9. The molecule has 0 aliphatic carbocycles. The van der Waals surface area contributed by atoms with Crippen LogP contribution in [0.15, 0.2) is 11.6 Å². The van der Waals surface area contributed by atoms with Gasteiger partial charge in [-0.3, -0.25) is 4.79 Å². The Hall–Kier alpha value is -1.40. The standard InChI is InChI=1S/C20H36O6/c1-2-3-4-5-6-7-8-9-10-11-14-26-20(25)17(15-19(23)24)12-13-18(22)16-21/h12,18,21-22H,2-11,13-16H2,1H3,(H,23,24). The van der Waals surface area contributed by atoms with E-state index < -0.39 is 31.1 Å². The molecule has 0 aliphatic heterocycles. The molecule has 3 N–H and O–H groups in total. The number of hydrogen-bond donors (Lipinski definition) is 3. The molecule has 0 aromatic rings. The molecule has 152 valence electrons. The van der Waals surface area contributed by atoms with E-state index in [1.165, 1.54) is 51.0 Å². The van der Waals surface area contributed by atoms with Crippen molar-refractivity contribution in [3.05, 3.63) is 11.6 Å². The molecule has 0 amide bonds. The van der Waals surface area contributed by atoms with Gasteiger partial charge in [-0.2, -0.15) is 0 Å². The normalized spacial score (nSPS) is 12.8. The van der Waals surface area contributed by atoms with Crippen molar-refractivity contribution in [1.29, 1.82) is 0 Å². The van der Waals surface area contributed by atoms with Crippen LogP contribution in [0.1, 0.15) is 84.0 Å². The highest BCUT2D eigenvalue weighted by Crippen LogP contribution is 2.12. The Bertz CT molecular complexity index is 405. The van der Waals surface area contributed by atoms with E-state index in [1.807, 2.05) is 0 Å². The highest BCUT2D eigenvalue weighted by atomic mass is 16.5. The van der Waals surface area contributed by atoms with Gasteiger partial charge in [0.15, 0.2) is 0 Å². The molecular formula is C20H36O6. The summed E-state index contributed by atoms with van der Waals surface area (Å²) in [6, 6.07) is 0. The summed E-state index contributed by atoms with van der Waals surface area (Å²) in [5.74, 6) is -1.79. The van der Waals surface area contributed by atoms with E-state index >= 15 is 0 Å². The molecule has 0 saturated carbocycles. The van der Waals surface area contributed by atoms with Crippen LogP contribution in [0.4, 0.5) is 0 Å². The molecule has 0 bridgehead atoms. The van der Waals surface area contributed by atoms with Gasteiger partial charge in [0.25, 0.3) is 0 Å². The monoisotopic (exact) mass is 372 g/mol. The number of esters is 1. The second-order valence-corrected chi connectivity index (χ2v) is 6.69. The van der Waals surface area contributed by atoms with Gasteiger partial charge in [0.1, 0.15) is 0 Å². The molecule has 6 heteroatoms. The molecule has 0 aromatic carbocycles. The average Bonchev–Trinajstić information content (AvgIpc) is 2.62. The molecule has 0 aliphatic rings. The fourth-order valence-corrected chi connectivity index (χ4v) is 2.59. The van der Waals surface area contributed by atoms with E-state index in [1.54, 1.807) is 0 Å². The van der Waals surface area contributed by atoms with E-state index in [2.05, 4.69) is 6.92 Å². The van der Waals surface area contributed by atoms with Gasteiger partial charge >= 0.3 is 11.9 Å². The van der Waals surface area contributed by atoms with Gasteiger partial charge in [-0.05, 0) is 12.8 Å². The first-order valence-electron chi connectivity index (χ1n) is 9.88. The van der Waals surface area contributed by atoms with Crippen LogP contribution >= 0.6 is 0 Å². The summed E-state index contributed by atoms with van der Waals surface area (Å²) in [5.41, 5.74) is 0.0112. The second-order valence-electron chi connectivity index (χ2n) is 6.69. The number of aliphatic hydroxyl groups excluding tert-OH is 2. The molecule has 0 heterocycles. The van der Waals surface area contributed by atoms with Crippen molar-refractivity contribution in [3.63, 3.8) is 0 Å². The lowest BCUT2D eigenvalue weighted by molar-refractivity contribution is -0.143. The molecular weight excluding hydrogens is 336 g/mol. The van der Waals surface area contributed by atoms with Crippen LogP contribution in [-0.4, -0.2) is 46.6 Å². The summed E-state index contributed by atoms with van der Waals surface area (Å²) in [5, 5.41) is 26.9. The number of carboxylic acids is 1. The van der Waals surface area contributed by atoms with Crippen LogP contribution in [0.3, 0.4) is 0 Å². The van der Waals surface area contributed by atoms with Crippen molar-refractivity contribution >= 4 is 11.9 Å². The van der Waals surface area contributed by atoms with Crippen LogP contribution in [0.2, 0.25) is 0 Å². The Morgan fingerprint density at radius 2 is 1.50 bits per heavy atom. The fraction of sp³-hybridized carbons (Fsp3) is 0.800. The zero-order valence-corrected chi connectivity index (χ0v) is 16.1. The second kappa shape index (κ2) is 17.0. The zero-order chi connectivity index (χ0) is 19.6. The van der Waals surface area contributed by atoms with E-state index in [-0.39, 0.29) is 18.6 Å². The van der Waals surface area contributed by atoms with Gasteiger partial charge in [0, 0.05) is 5.57 Å². The van der Waals surface area contributed by atoms with E-state index in [0.29, 0.717) is 0 Å². The summed E-state index contributed by atoms with van der Waals surface area (Å²) in [7, 11) is 0. The lowest BCUT2D eigenvalue weighted by Gasteiger charge is -2.08. The summed E-state index contributed by atoms with van der Waals surface area (Å²) in [6.07, 6.45) is 11.7. The van der Waals surface area contributed by atoms with Gasteiger partial charge < -0.3 is 20.1 Å². The van der Waals surface area contributed by atoms with E-state index in [0.717, 1.165) is 19.3 Å². The molecule has 0 spiro atoms. The van der Waals surface area contributed by atoms with Crippen LogP contribution in [0, 0.1) is 0 Å². The minimum atomic E-state index is -1.13. The van der Waals surface area contributed by atoms with Crippen LogP contribution in [0.5, 0.6) is 0 Å². The quantitative estimate of drug-likeness (QED) is 0.205. The van der Waals surface area contributed by atoms with E-state index in [4.69, 9.17) is 14.9 Å². The van der Waals surface area contributed by atoms with Gasteiger partial charge in [-0.15, -0.1) is 0 Å². The molecule has 0 radical (unpaired) electrons. The number of unbranched alkanes of at least 4 members (excludes halogenated alkanes) is 9. The minimum Gasteiger partial charge on any atom is -0.481 e. The number of carbonyl (C=O) groups is 2. The Labute approximate surface area is 157 Å². The number of rotatable bonds is 17. The van der Waals surface area contributed by atoms with Crippen LogP contribution in [-0.2, 0) is 14.3 Å².